The molecule has 0 aliphatic heterocycles. The van der Waals surface area contributed by atoms with Crippen molar-refractivity contribution in [1.29, 1.82) is 0 Å². The molecule has 0 amide bonds. The molecule has 0 spiro atoms. The van der Waals surface area contributed by atoms with E-state index in [9.17, 15) is 0 Å². The van der Waals surface area contributed by atoms with Crippen LogP contribution >= 0.6 is 0 Å². The molecule has 0 fully saturated rings. The van der Waals surface area contributed by atoms with Gasteiger partial charge in [0.05, 0.1) is 11.9 Å². The highest BCUT2D eigenvalue weighted by molar-refractivity contribution is 5.75. The average Bonchev–Trinajstić information content (AvgIpc) is 1.91. The fourth-order valence-electron chi connectivity index (χ4n) is 0.436. The van der Waals surface area contributed by atoms with Crippen LogP contribution in [0.2, 0.25) is 0 Å². The Morgan fingerprint density at radius 2 is 2.56 bits per heavy atom. The second kappa shape index (κ2) is 2.76. The molecule has 0 atom stereocenters. The SMILES string of the molecule is ON=Cc1ccncn1. The summed E-state index contributed by atoms with van der Waals surface area (Å²) < 4.78 is 0. The van der Waals surface area contributed by atoms with Crippen LogP contribution in [-0.2, 0) is 0 Å². The largest absolute Gasteiger partial charge is 0.411 e. The summed E-state index contributed by atoms with van der Waals surface area (Å²) >= 11 is 0. The van der Waals surface area contributed by atoms with Crippen LogP contribution in [0.25, 0.3) is 0 Å². The maximum atomic E-state index is 8.03. The topological polar surface area (TPSA) is 58.4 Å². The third-order valence-electron chi connectivity index (χ3n) is 0.795. The summed E-state index contributed by atoms with van der Waals surface area (Å²) in [5.41, 5.74) is 0.590. The minimum absolute atomic E-state index is 0.590. The Hall–Kier alpha value is -1.45. The van der Waals surface area contributed by atoms with Gasteiger partial charge in [-0.3, -0.25) is 0 Å². The fourth-order valence-corrected chi connectivity index (χ4v) is 0.436. The van der Waals surface area contributed by atoms with Gasteiger partial charge < -0.3 is 5.21 Å². The molecule has 0 aliphatic carbocycles. The van der Waals surface area contributed by atoms with E-state index in [1.54, 1.807) is 12.3 Å². The molecule has 0 saturated heterocycles. The first-order valence-electron chi connectivity index (χ1n) is 2.37. The minimum Gasteiger partial charge on any atom is -0.411 e. The van der Waals surface area contributed by atoms with Crippen LogP contribution in [-0.4, -0.2) is 21.4 Å². The Bertz CT molecular complexity index is 197. The minimum atomic E-state index is 0.590. The lowest BCUT2D eigenvalue weighted by molar-refractivity contribution is 0.321. The molecule has 0 unspecified atom stereocenters. The highest BCUT2D eigenvalue weighted by Gasteiger charge is 1.82. The normalized spacial score (nSPS) is 10.2. The molecule has 9 heavy (non-hydrogen) atoms. The maximum Gasteiger partial charge on any atom is 0.116 e. The summed E-state index contributed by atoms with van der Waals surface area (Å²) in [5, 5.41) is 10.8. The molecule has 4 nitrogen and oxygen atoms in total. The predicted molar refractivity (Wildman–Crippen MR) is 31.4 cm³/mol. The molecule has 1 aromatic rings. The summed E-state index contributed by atoms with van der Waals surface area (Å²) in [6.45, 7) is 0. The van der Waals surface area contributed by atoms with Crippen molar-refractivity contribution in [2.45, 2.75) is 0 Å². The lowest BCUT2D eigenvalue weighted by atomic mass is 10.4. The van der Waals surface area contributed by atoms with Gasteiger partial charge in [-0.05, 0) is 6.07 Å². The van der Waals surface area contributed by atoms with E-state index < -0.39 is 0 Å². The first kappa shape index (κ1) is 5.68. The van der Waals surface area contributed by atoms with Gasteiger partial charge in [-0.15, -0.1) is 0 Å². The van der Waals surface area contributed by atoms with E-state index in [4.69, 9.17) is 5.21 Å². The monoisotopic (exact) mass is 123 g/mol. The van der Waals surface area contributed by atoms with Crippen molar-refractivity contribution >= 4 is 6.21 Å². The number of rotatable bonds is 1. The molecular formula is C5H5N3O. The summed E-state index contributed by atoms with van der Waals surface area (Å²) in [6.07, 6.45) is 4.20. The van der Waals surface area contributed by atoms with Crippen LogP contribution in [0, 0.1) is 0 Å². The van der Waals surface area contributed by atoms with Gasteiger partial charge in [0.2, 0.25) is 0 Å². The van der Waals surface area contributed by atoms with Crippen molar-refractivity contribution in [1.82, 2.24) is 9.97 Å². The van der Waals surface area contributed by atoms with Gasteiger partial charge in [-0.2, -0.15) is 0 Å². The van der Waals surface area contributed by atoms with E-state index in [-0.39, 0.29) is 0 Å². The molecule has 46 valence electrons. The molecule has 1 aromatic heterocycles. The van der Waals surface area contributed by atoms with Crippen molar-refractivity contribution in [3.63, 3.8) is 0 Å². The lowest BCUT2D eigenvalue weighted by Crippen LogP contribution is -1.85. The lowest BCUT2D eigenvalue weighted by Gasteiger charge is -1.84. The Labute approximate surface area is 51.9 Å². The van der Waals surface area contributed by atoms with E-state index in [2.05, 4.69) is 15.1 Å². The summed E-state index contributed by atoms with van der Waals surface area (Å²) in [7, 11) is 0. The van der Waals surface area contributed by atoms with Crippen LogP contribution in [0.1, 0.15) is 5.69 Å². The second-order valence-corrected chi connectivity index (χ2v) is 1.38. The predicted octanol–water partition coefficient (Wildman–Crippen LogP) is 0.285. The smallest absolute Gasteiger partial charge is 0.116 e. The van der Waals surface area contributed by atoms with Gasteiger partial charge in [-0.25, -0.2) is 9.97 Å². The Balaban J connectivity index is 2.85. The first-order chi connectivity index (χ1) is 4.43. The number of oxime groups is 1. The van der Waals surface area contributed by atoms with Crippen LogP contribution in [0.3, 0.4) is 0 Å². The van der Waals surface area contributed by atoms with Crippen LogP contribution < -0.4 is 0 Å². The first-order valence-corrected chi connectivity index (χ1v) is 2.37. The number of hydrogen-bond donors (Lipinski definition) is 1. The second-order valence-electron chi connectivity index (χ2n) is 1.38. The zero-order valence-electron chi connectivity index (χ0n) is 4.60. The fraction of sp³-hybridized carbons (Fsp3) is 0. The summed E-state index contributed by atoms with van der Waals surface area (Å²) in [5.74, 6) is 0. The zero-order valence-corrected chi connectivity index (χ0v) is 4.60. The zero-order chi connectivity index (χ0) is 6.53. The van der Waals surface area contributed by atoms with Gasteiger partial charge in [0.1, 0.15) is 6.33 Å². The molecule has 0 aliphatic rings. The van der Waals surface area contributed by atoms with Crippen molar-refractivity contribution in [3.05, 3.63) is 24.3 Å². The van der Waals surface area contributed by atoms with E-state index >= 15 is 0 Å². The van der Waals surface area contributed by atoms with Gasteiger partial charge in [-0.1, -0.05) is 5.16 Å². The van der Waals surface area contributed by atoms with Crippen LogP contribution in [0.5, 0.6) is 0 Å². The van der Waals surface area contributed by atoms with Crippen molar-refractivity contribution in [2.24, 2.45) is 5.16 Å². The highest BCUT2D eigenvalue weighted by atomic mass is 16.4. The van der Waals surface area contributed by atoms with Crippen molar-refractivity contribution in [2.75, 3.05) is 0 Å². The maximum absolute atomic E-state index is 8.03. The third-order valence-corrected chi connectivity index (χ3v) is 0.795. The molecule has 0 bridgehead atoms. The number of aromatic nitrogens is 2. The molecule has 1 heterocycles. The average molecular weight is 123 g/mol. The Morgan fingerprint density at radius 1 is 1.67 bits per heavy atom. The van der Waals surface area contributed by atoms with Gasteiger partial charge in [0.15, 0.2) is 0 Å². The molecule has 4 heteroatoms. The standard InChI is InChI=1S/C5H5N3O/c9-8-3-5-1-2-6-4-7-5/h1-4,9H. The van der Waals surface area contributed by atoms with Gasteiger partial charge in [0, 0.05) is 6.20 Å². The van der Waals surface area contributed by atoms with E-state index in [1.165, 1.54) is 12.5 Å². The summed E-state index contributed by atoms with van der Waals surface area (Å²) in [4.78, 5) is 7.42. The summed E-state index contributed by atoms with van der Waals surface area (Å²) in [6, 6.07) is 1.64. The molecule has 0 saturated carbocycles. The van der Waals surface area contributed by atoms with Gasteiger partial charge in [0.25, 0.3) is 0 Å². The van der Waals surface area contributed by atoms with Crippen LogP contribution in [0.15, 0.2) is 23.7 Å². The van der Waals surface area contributed by atoms with Gasteiger partial charge >= 0.3 is 0 Å². The molecule has 1 rings (SSSR count). The third kappa shape index (κ3) is 1.49. The van der Waals surface area contributed by atoms with Crippen molar-refractivity contribution in [3.8, 4) is 0 Å². The van der Waals surface area contributed by atoms with E-state index in [1.807, 2.05) is 0 Å². The van der Waals surface area contributed by atoms with E-state index in [0.717, 1.165) is 0 Å². The number of hydrogen-bond acceptors (Lipinski definition) is 4. The molecule has 0 aromatic carbocycles. The Kier molecular flexibility index (Phi) is 1.74. The number of nitrogens with zero attached hydrogens (tertiary/aromatic N) is 3. The van der Waals surface area contributed by atoms with Crippen molar-refractivity contribution < 1.29 is 5.21 Å². The Morgan fingerprint density at radius 3 is 3.11 bits per heavy atom. The van der Waals surface area contributed by atoms with Crippen LogP contribution in [0.4, 0.5) is 0 Å². The highest BCUT2D eigenvalue weighted by Crippen LogP contribution is 1.83. The van der Waals surface area contributed by atoms with E-state index in [0.29, 0.717) is 5.69 Å². The quantitative estimate of drug-likeness (QED) is 0.331. The molecule has 1 N–H and O–H groups in total. The molecular weight excluding hydrogens is 118 g/mol. The molecule has 0 radical (unpaired) electrons.